The van der Waals surface area contributed by atoms with Crippen molar-refractivity contribution in [2.75, 3.05) is 14.2 Å². The van der Waals surface area contributed by atoms with Gasteiger partial charge in [-0.2, -0.15) is 0 Å². The standard InChI is InChI=1S/C12H17Cl5NO4P/c1-11(2)6(5-7(13)14)8(11)9(19)18-10(12(15,16)17)23(20,21-3)22-4/h5-6,8,10H,1-4H3,(H,18,19)/t6-,8-,10-/m0/s1. The summed E-state index contributed by atoms with van der Waals surface area (Å²) in [7, 11) is -1.59. The molecule has 1 rings (SSSR count). The Kier molecular flexibility index (Phi) is 7.21. The fourth-order valence-electron chi connectivity index (χ4n) is 2.48. The van der Waals surface area contributed by atoms with E-state index in [1.165, 1.54) is 0 Å². The normalized spacial score (nSPS) is 24.7. The quantitative estimate of drug-likeness (QED) is 0.466. The van der Waals surface area contributed by atoms with Crippen LogP contribution in [0, 0.1) is 17.3 Å². The molecule has 0 aliphatic heterocycles. The third kappa shape index (κ3) is 4.92. The van der Waals surface area contributed by atoms with Gasteiger partial charge in [0.25, 0.3) is 0 Å². The second kappa shape index (κ2) is 7.59. The number of carbonyl (C=O) groups excluding carboxylic acids is 1. The van der Waals surface area contributed by atoms with E-state index in [0.29, 0.717) is 0 Å². The molecule has 134 valence electrons. The minimum absolute atomic E-state index is 0.0655. The van der Waals surface area contributed by atoms with Gasteiger partial charge in [-0.25, -0.2) is 0 Å². The summed E-state index contributed by atoms with van der Waals surface area (Å²) in [6.07, 6.45) is 1.57. The van der Waals surface area contributed by atoms with Crippen LogP contribution in [-0.2, 0) is 18.4 Å². The molecule has 0 spiro atoms. The molecule has 0 heterocycles. The van der Waals surface area contributed by atoms with E-state index in [2.05, 4.69) is 5.32 Å². The fourth-order valence-corrected chi connectivity index (χ4v) is 5.20. The van der Waals surface area contributed by atoms with Crippen LogP contribution in [0.15, 0.2) is 10.6 Å². The van der Waals surface area contributed by atoms with Gasteiger partial charge in [-0.05, 0) is 17.4 Å². The molecule has 1 aliphatic carbocycles. The Labute approximate surface area is 160 Å². The summed E-state index contributed by atoms with van der Waals surface area (Å²) in [6.45, 7) is 3.73. The van der Waals surface area contributed by atoms with Crippen molar-refractivity contribution >= 4 is 71.5 Å². The molecule has 1 aliphatic rings. The predicted octanol–water partition coefficient (Wildman–Crippen LogP) is 4.88. The highest BCUT2D eigenvalue weighted by Crippen LogP contribution is 2.61. The van der Waals surface area contributed by atoms with Crippen LogP contribution in [0.5, 0.6) is 0 Å². The van der Waals surface area contributed by atoms with Gasteiger partial charge in [0.15, 0.2) is 5.78 Å². The molecule has 0 aromatic heterocycles. The lowest BCUT2D eigenvalue weighted by Gasteiger charge is -2.30. The smallest absolute Gasteiger partial charge is 0.338 e. The zero-order chi connectivity index (χ0) is 18.2. The van der Waals surface area contributed by atoms with Gasteiger partial charge in [0.05, 0.1) is 5.92 Å². The van der Waals surface area contributed by atoms with Gasteiger partial charge in [-0.3, -0.25) is 9.36 Å². The lowest BCUT2D eigenvalue weighted by molar-refractivity contribution is -0.123. The van der Waals surface area contributed by atoms with E-state index in [0.717, 1.165) is 14.2 Å². The third-order valence-electron chi connectivity index (χ3n) is 3.91. The highest BCUT2D eigenvalue weighted by atomic mass is 35.6. The average molecular weight is 448 g/mol. The highest BCUT2D eigenvalue weighted by Gasteiger charge is 2.62. The van der Waals surface area contributed by atoms with Crippen LogP contribution >= 0.6 is 65.6 Å². The summed E-state index contributed by atoms with van der Waals surface area (Å²) < 4.78 is 20.2. The highest BCUT2D eigenvalue weighted by molar-refractivity contribution is 7.55. The van der Waals surface area contributed by atoms with E-state index in [1.54, 1.807) is 6.08 Å². The number of allylic oxidation sites excluding steroid dienone is 1. The predicted molar refractivity (Wildman–Crippen MR) is 94.4 cm³/mol. The maximum absolute atomic E-state index is 12.5. The van der Waals surface area contributed by atoms with Crippen molar-refractivity contribution in [3.05, 3.63) is 10.6 Å². The molecule has 3 atom stereocenters. The molecule has 0 bridgehead atoms. The number of rotatable bonds is 6. The van der Waals surface area contributed by atoms with Crippen LogP contribution in [0.25, 0.3) is 0 Å². The van der Waals surface area contributed by atoms with Crippen LogP contribution in [0.3, 0.4) is 0 Å². The minimum atomic E-state index is -3.86. The molecule has 23 heavy (non-hydrogen) atoms. The molecule has 5 nitrogen and oxygen atoms in total. The second-order valence-corrected chi connectivity index (χ2v) is 11.3. The lowest BCUT2D eigenvalue weighted by Crippen LogP contribution is -2.45. The fraction of sp³-hybridized carbons (Fsp3) is 0.750. The molecule has 11 heteroatoms. The van der Waals surface area contributed by atoms with Gasteiger partial charge >= 0.3 is 7.60 Å². The van der Waals surface area contributed by atoms with Crippen LogP contribution in [0.4, 0.5) is 0 Å². The Morgan fingerprint density at radius 1 is 1.26 bits per heavy atom. The topological polar surface area (TPSA) is 64.6 Å². The zero-order valence-corrected chi connectivity index (χ0v) is 17.5. The van der Waals surface area contributed by atoms with Crippen molar-refractivity contribution < 1.29 is 18.4 Å². The average Bonchev–Trinajstić information content (AvgIpc) is 2.94. The zero-order valence-electron chi connectivity index (χ0n) is 12.8. The van der Waals surface area contributed by atoms with Crippen LogP contribution in [0.2, 0.25) is 0 Å². The molecule has 0 aromatic rings. The molecule has 0 aromatic carbocycles. The number of alkyl halides is 3. The largest absolute Gasteiger partial charge is 0.356 e. The van der Waals surface area contributed by atoms with E-state index in [4.69, 9.17) is 67.1 Å². The summed E-state index contributed by atoms with van der Waals surface area (Å²) in [5, 5.41) is 2.46. The molecule has 0 saturated heterocycles. The summed E-state index contributed by atoms with van der Waals surface area (Å²) >= 11 is 28.8. The van der Waals surface area contributed by atoms with Crippen LogP contribution < -0.4 is 5.32 Å². The monoisotopic (exact) mass is 445 g/mol. The SMILES string of the molecule is COP(=O)(OC)[C@H](NC(=O)[C@@H]1[C@H](C=C(Cl)Cl)C1(C)C)C(Cl)(Cl)Cl. The number of amides is 1. The first-order valence-electron chi connectivity index (χ1n) is 6.42. The summed E-state index contributed by atoms with van der Waals surface area (Å²) in [5.74, 6) is -2.58. The molecule has 0 radical (unpaired) electrons. The van der Waals surface area contributed by atoms with E-state index in [1.807, 2.05) is 13.8 Å². The second-order valence-electron chi connectivity index (χ2n) is 5.64. The molecule has 1 amide bonds. The Morgan fingerprint density at radius 2 is 1.74 bits per heavy atom. The molecular formula is C12H17Cl5NO4P. The summed E-state index contributed by atoms with van der Waals surface area (Å²) in [6, 6.07) is 0. The van der Waals surface area contributed by atoms with Gasteiger partial charge < -0.3 is 14.4 Å². The van der Waals surface area contributed by atoms with E-state index in [-0.39, 0.29) is 15.8 Å². The maximum atomic E-state index is 12.5. The molecule has 1 N–H and O–H groups in total. The van der Waals surface area contributed by atoms with Crippen molar-refractivity contribution in [2.24, 2.45) is 17.3 Å². The van der Waals surface area contributed by atoms with E-state index >= 15 is 0 Å². The number of hydrogen-bond donors (Lipinski definition) is 1. The number of nitrogens with one attached hydrogen (secondary N) is 1. The van der Waals surface area contributed by atoms with E-state index in [9.17, 15) is 9.36 Å². The lowest BCUT2D eigenvalue weighted by atomic mass is 10.1. The maximum Gasteiger partial charge on any atom is 0.356 e. The summed E-state index contributed by atoms with van der Waals surface area (Å²) in [5.41, 5.74) is -0.388. The van der Waals surface area contributed by atoms with Crippen LogP contribution in [-0.4, -0.2) is 29.7 Å². The molecule has 1 saturated carbocycles. The van der Waals surface area contributed by atoms with Crippen molar-refractivity contribution in [1.82, 2.24) is 5.32 Å². The first-order valence-corrected chi connectivity index (χ1v) is 9.92. The molecule has 0 unspecified atom stereocenters. The van der Waals surface area contributed by atoms with Crippen LogP contribution in [0.1, 0.15) is 13.8 Å². The van der Waals surface area contributed by atoms with Gasteiger partial charge in [0, 0.05) is 14.2 Å². The Hall–Kier alpha value is 0.810. The number of carbonyl (C=O) groups is 1. The van der Waals surface area contributed by atoms with Gasteiger partial charge in [-0.15, -0.1) is 0 Å². The van der Waals surface area contributed by atoms with Gasteiger partial charge in [-0.1, -0.05) is 71.9 Å². The van der Waals surface area contributed by atoms with Crippen molar-refractivity contribution in [2.45, 2.75) is 23.4 Å². The van der Waals surface area contributed by atoms with Crippen molar-refractivity contribution in [3.63, 3.8) is 0 Å². The first kappa shape index (κ1) is 21.9. The Balaban J connectivity index is 3.01. The Bertz CT molecular complexity index is 536. The summed E-state index contributed by atoms with van der Waals surface area (Å²) in [4.78, 5) is 12.5. The number of halogens is 5. The Morgan fingerprint density at radius 3 is 2.09 bits per heavy atom. The van der Waals surface area contributed by atoms with Crippen molar-refractivity contribution in [1.29, 1.82) is 0 Å². The van der Waals surface area contributed by atoms with E-state index < -0.39 is 29.0 Å². The van der Waals surface area contributed by atoms with Crippen molar-refractivity contribution in [3.8, 4) is 0 Å². The molecular weight excluding hydrogens is 430 g/mol. The van der Waals surface area contributed by atoms with Gasteiger partial charge in [0.2, 0.25) is 9.70 Å². The number of hydrogen-bond acceptors (Lipinski definition) is 4. The van der Waals surface area contributed by atoms with Gasteiger partial charge in [0.1, 0.15) is 4.49 Å². The third-order valence-corrected chi connectivity index (χ3v) is 7.44. The first-order chi connectivity index (χ1) is 10.3. The molecule has 1 fully saturated rings. The minimum Gasteiger partial charge on any atom is -0.338 e.